The highest BCUT2D eigenvalue weighted by atomic mass is 16.6. The van der Waals surface area contributed by atoms with Crippen LogP contribution in [0.4, 0.5) is 5.69 Å². The van der Waals surface area contributed by atoms with E-state index in [1.165, 1.54) is 24.3 Å². The molecule has 1 aromatic carbocycles. The Bertz CT molecular complexity index is 642. The lowest BCUT2D eigenvalue weighted by molar-refractivity contribution is -0.385. The molecule has 8 heteroatoms. The van der Waals surface area contributed by atoms with Crippen molar-refractivity contribution in [1.29, 1.82) is 0 Å². The Kier molecular flexibility index (Phi) is 7.54. The van der Waals surface area contributed by atoms with E-state index in [-0.39, 0.29) is 17.9 Å². The molecular weight excluding hydrogens is 314 g/mol. The molecule has 1 amide bonds. The number of hydrogen-bond acceptors (Lipinski definition) is 6. The number of para-hydroxylation sites is 1. The molecule has 0 bridgehead atoms. The number of nitrogens with zero attached hydrogens (tertiary/aromatic N) is 2. The minimum Gasteiger partial charge on any atom is -0.465 e. The van der Waals surface area contributed by atoms with Gasteiger partial charge in [0.15, 0.2) is 0 Å². The third kappa shape index (κ3) is 5.15. The average molecular weight is 335 g/mol. The summed E-state index contributed by atoms with van der Waals surface area (Å²) in [6.07, 6.45) is 1.28. The third-order valence-corrected chi connectivity index (χ3v) is 3.33. The number of esters is 1. The molecule has 0 fully saturated rings. The van der Waals surface area contributed by atoms with Gasteiger partial charge in [-0.2, -0.15) is 5.10 Å². The fraction of sp³-hybridized carbons (Fsp3) is 0.438. The van der Waals surface area contributed by atoms with Crippen LogP contribution >= 0.6 is 0 Å². The van der Waals surface area contributed by atoms with Gasteiger partial charge in [-0.15, -0.1) is 0 Å². The van der Waals surface area contributed by atoms with Gasteiger partial charge < -0.3 is 4.74 Å². The van der Waals surface area contributed by atoms with E-state index in [2.05, 4.69) is 10.5 Å². The highest BCUT2D eigenvalue weighted by Crippen LogP contribution is 2.17. The molecule has 0 saturated heterocycles. The fourth-order valence-electron chi connectivity index (χ4n) is 2.13. The zero-order chi connectivity index (χ0) is 18.1. The van der Waals surface area contributed by atoms with E-state index < -0.39 is 22.7 Å². The van der Waals surface area contributed by atoms with Crippen LogP contribution in [0.25, 0.3) is 0 Å². The van der Waals surface area contributed by atoms with E-state index in [0.717, 1.165) is 6.42 Å². The summed E-state index contributed by atoms with van der Waals surface area (Å²) in [6.45, 7) is 5.50. The van der Waals surface area contributed by atoms with E-state index in [4.69, 9.17) is 4.74 Å². The average Bonchev–Trinajstić information content (AvgIpc) is 2.57. The molecule has 0 aliphatic rings. The normalized spacial score (nSPS) is 12.4. The lowest BCUT2D eigenvalue weighted by Crippen LogP contribution is -2.28. The number of carbonyl (C=O) groups excluding carboxylic acids is 2. The van der Waals surface area contributed by atoms with Crippen molar-refractivity contribution in [2.75, 3.05) is 6.61 Å². The summed E-state index contributed by atoms with van der Waals surface area (Å²) in [5.74, 6) is -1.66. The minimum absolute atomic E-state index is 0.0952. The number of amides is 1. The molecule has 0 aromatic heterocycles. The summed E-state index contributed by atoms with van der Waals surface area (Å²) >= 11 is 0. The highest BCUT2D eigenvalue weighted by molar-refractivity contribution is 6.03. The first-order valence-electron chi connectivity index (χ1n) is 7.66. The number of rotatable bonds is 8. The Morgan fingerprint density at radius 3 is 2.58 bits per heavy atom. The second kappa shape index (κ2) is 9.39. The van der Waals surface area contributed by atoms with Gasteiger partial charge in [-0.05, 0) is 26.3 Å². The van der Waals surface area contributed by atoms with Crippen molar-refractivity contribution < 1.29 is 19.2 Å². The first kappa shape index (κ1) is 19.3. The highest BCUT2D eigenvalue weighted by Gasteiger charge is 2.23. The van der Waals surface area contributed by atoms with Gasteiger partial charge >= 0.3 is 5.97 Å². The van der Waals surface area contributed by atoms with Crippen molar-refractivity contribution >= 4 is 23.3 Å². The molecule has 24 heavy (non-hydrogen) atoms. The summed E-state index contributed by atoms with van der Waals surface area (Å²) in [7, 11) is 0. The van der Waals surface area contributed by atoms with E-state index in [0.29, 0.717) is 12.1 Å². The van der Waals surface area contributed by atoms with Gasteiger partial charge in [0.25, 0.3) is 11.6 Å². The fourth-order valence-corrected chi connectivity index (χ4v) is 2.13. The van der Waals surface area contributed by atoms with Crippen molar-refractivity contribution in [3.8, 4) is 0 Å². The number of benzene rings is 1. The third-order valence-electron chi connectivity index (χ3n) is 3.33. The van der Waals surface area contributed by atoms with Crippen LogP contribution in [-0.4, -0.2) is 29.1 Å². The van der Waals surface area contributed by atoms with Crippen LogP contribution in [0.1, 0.15) is 44.0 Å². The van der Waals surface area contributed by atoms with Gasteiger partial charge in [0, 0.05) is 11.8 Å². The van der Waals surface area contributed by atoms with E-state index in [9.17, 15) is 19.7 Å². The molecule has 0 saturated carbocycles. The molecule has 1 N–H and O–H groups in total. The molecule has 0 heterocycles. The number of carbonyl (C=O) groups is 2. The van der Waals surface area contributed by atoms with Crippen LogP contribution in [0.5, 0.6) is 0 Å². The largest absolute Gasteiger partial charge is 0.465 e. The summed E-state index contributed by atoms with van der Waals surface area (Å²) in [5.41, 5.74) is 2.26. The molecule has 0 radical (unpaired) electrons. The minimum atomic E-state index is -0.708. The number of nitro benzene ring substituents is 1. The van der Waals surface area contributed by atoms with Crippen molar-refractivity contribution in [3.05, 3.63) is 39.9 Å². The van der Waals surface area contributed by atoms with Gasteiger partial charge in [0.05, 0.1) is 17.4 Å². The number of hydrazone groups is 1. The molecule has 0 spiro atoms. The second-order valence-electron chi connectivity index (χ2n) is 5.06. The van der Waals surface area contributed by atoms with Crippen LogP contribution in [-0.2, 0) is 9.53 Å². The summed E-state index contributed by atoms with van der Waals surface area (Å²) in [6, 6.07) is 5.58. The van der Waals surface area contributed by atoms with Crippen molar-refractivity contribution in [1.82, 2.24) is 5.43 Å². The predicted octanol–water partition coefficient (Wildman–Crippen LogP) is 2.68. The van der Waals surface area contributed by atoms with Crippen molar-refractivity contribution in [3.63, 3.8) is 0 Å². The summed E-state index contributed by atoms with van der Waals surface area (Å²) < 4.78 is 5.00. The van der Waals surface area contributed by atoms with Gasteiger partial charge in [-0.3, -0.25) is 19.7 Å². The Morgan fingerprint density at radius 1 is 1.33 bits per heavy atom. The predicted molar refractivity (Wildman–Crippen MR) is 88.7 cm³/mol. The smallest absolute Gasteiger partial charge is 0.314 e. The Labute approximate surface area is 140 Å². The molecule has 0 unspecified atom stereocenters. The van der Waals surface area contributed by atoms with Crippen LogP contribution < -0.4 is 5.43 Å². The molecule has 130 valence electrons. The van der Waals surface area contributed by atoms with Crippen LogP contribution in [0, 0.1) is 16.0 Å². The van der Waals surface area contributed by atoms with Gasteiger partial charge in [0.1, 0.15) is 5.56 Å². The van der Waals surface area contributed by atoms with Crippen molar-refractivity contribution in [2.45, 2.75) is 33.6 Å². The van der Waals surface area contributed by atoms with Gasteiger partial charge in [-0.1, -0.05) is 25.5 Å². The zero-order valence-corrected chi connectivity index (χ0v) is 13.9. The second-order valence-corrected chi connectivity index (χ2v) is 5.06. The lowest BCUT2D eigenvalue weighted by atomic mass is 9.99. The maximum Gasteiger partial charge on any atom is 0.314 e. The number of nitro groups is 1. The molecule has 0 aliphatic carbocycles. The van der Waals surface area contributed by atoms with Gasteiger partial charge in [0.2, 0.25) is 0 Å². The van der Waals surface area contributed by atoms with Crippen LogP contribution in [0.15, 0.2) is 29.4 Å². The van der Waals surface area contributed by atoms with E-state index in [1.807, 2.05) is 6.92 Å². The molecule has 1 rings (SSSR count). The number of ether oxygens (including phenoxy) is 1. The van der Waals surface area contributed by atoms with Crippen LogP contribution in [0.2, 0.25) is 0 Å². The maximum atomic E-state index is 12.1. The van der Waals surface area contributed by atoms with E-state index >= 15 is 0 Å². The first-order chi connectivity index (χ1) is 11.4. The topological polar surface area (TPSA) is 111 Å². The zero-order valence-electron chi connectivity index (χ0n) is 13.9. The van der Waals surface area contributed by atoms with Crippen LogP contribution in [0.3, 0.4) is 0 Å². The monoisotopic (exact) mass is 335 g/mol. The lowest BCUT2D eigenvalue weighted by Gasteiger charge is -2.14. The summed E-state index contributed by atoms with van der Waals surface area (Å²) in [5, 5.41) is 14.9. The quantitative estimate of drug-likeness (QED) is 0.340. The molecule has 1 atom stereocenters. The standard InChI is InChI=1S/C16H21N3O5/c1-4-8-12(16(21)24-5-2)11(3)17-18-15(20)13-9-6-7-10-14(13)19(22)23/h6-7,9-10,12H,4-5,8H2,1-3H3,(H,18,20)/t12-/m1/s1. The number of nitrogens with one attached hydrogen (secondary N) is 1. The SMILES string of the molecule is CCC[C@@H](C(=O)OCC)C(C)=NNC(=O)c1ccccc1[N+](=O)[O-]. The molecular formula is C16H21N3O5. The first-order valence-corrected chi connectivity index (χ1v) is 7.66. The molecule has 8 nitrogen and oxygen atoms in total. The van der Waals surface area contributed by atoms with Gasteiger partial charge in [-0.25, -0.2) is 5.43 Å². The Hall–Kier alpha value is -2.77. The van der Waals surface area contributed by atoms with Crippen molar-refractivity contribution in [2.24, 2.45) is 11.0 Å². The molecule has 0 aliphatic heterocycles. The number of hydrogen-bond donors (Lipinski definition) is 1. The summed E-state index contributed by atoms with van der Waals surface area (Å²) in [4.78, 5) is 34.4. The molecule has 1 aromatic rings. The van der Waals surface area contributed by atoms with E-state index in [1.54, 1.807) is 13.8 Å². The Morgan fingerprint density at radius 2 is 2.00 bits per heavy atom. The maximum absolute atomic E-state index is 12.1. The Balaban J connectivity index is 2.91.